The molecule has 0 radical (unpaired) electrons. The van der Waals surface area contributed by atoms with Gasteiger partial charge in [0.15, 0.2) is 0 Å². The highest BCUT2D eigenvalue weighted by Gasteiger charge is 2.40. The Morgan fingerprint density at radius 1 is 1.67 bits per heavy atom. The second kappa shape index (κ2) is 3.33. The first-order valence-electron chi connectivity index (χ1n) is 4.85. The Balaban J connectivity index is 2.57. The Morgan fingerprint density at radius 3 is 2.58 bits per heavy atom. The molecule has 0 bridgehead atoms. The first-order valence-corrected chi connectivity index (χ1v) is 4.85. The van der Waals surface area contributed by atoms with Gasteiger partial charge in [0.05, 0.1) is 0 Å². The zero-order valence-electron chi connectivity index (χ0n) is 8.60. The van der Waals surface area contributed by atoms with Crippen LogP contribution >= 0.6 is 0 Å². The Hall–Kier alpha value is -0.110. The van der Waals surface area contributed by atoms with Crippen molar-refractivity contribution in [1.82, 2.24) is 4.90 Å². The number of alkyl halides is 1. The van der Waals surface area contributed by atoms with E-state index in [4.69, 9.17) is 0 Å². The van der Waals surface area contributed by atoms with Gasteiger partial charge in [-0.1, -0.05) is 20.3 Å². The second-order valence-corrected chi connectivity index (χ2v) is 4.49. The zero-order valence-corrected chi connectivity index (χ0v) is 8.60. The third-order valence-electron chi connectivity index (χ3n) is 3.08. The van der Waals surface area contributed by atoms with Crippen molar-refractivity contribution in [2.45, 2.75) is 45.3 Å². The average Bonchev–Trinajstić information content (AvgIpc) is 2.23. The minimum absolute atomic E-state index is 0.449. The molecule has 1 rings (SSSR count). The maximum atomic E-state index is 13.6. The van der Waals surface area contributed by atoms with Gasteiger partial charge in [-0.25, -0.2) is 4.39 Å². The van der Waals surface area contributed by atoms with E-state index in [9.17, 15) is 4.39 Å². The molecule has 72 valence electrons. The molecule has 1 nitrogen and oxygen atoms in total. The van der Waals surface area contributed by atoms with Crippen molar-refractivity contribution in [2.75, 3.05) is 13.6 Å². The molecule has 2 heteroatoms. The molecule has 1 heterocycles. The van der Waals surface area contributed by atoms with Gasteiger partial charge < -0.3 is 0 Å². The highest BCUT2D eigenvalue weighted by Crippen LogP contribution is 2.33. The predicted molar refractivity (Wildman–Crippen MR) is 50.0 cm³/mol. The summed E-state index contributed by atoms with van der Waals surface area (Å²) in [5.41, 5.74) is -0.956. The van der Waals surface area contributed by atoms with E-state index < -0.39 is 5.67 Å². The topological polar surface area (TPSA) is 3.24 Å². The standard InChI is InChI=1S/C10H20FN/c1-5-8(2)9-6-10(3,11)7-12(9)4/h8-9H,5-7H2,1-4H3. The Kier molecular flexibility index (Phi) is 2.77. The highest BCUT2D eigenvalue weighted by molar-refractivity contribution is 4.94. The van der Waals surface area contributed by atoms with Gasteiger partial charge in [-0.05, 0) is 26.3 Å². The Bertz CT molecular complexity index is 156. The molecule has 0 N–H and O–H groups in total. The number of halogens is 1. The third-order valence-corrected chi connectivity index (χ3v) is 3.08. The van der Waals surface area contributed by atoms with E-state index in [1.54, 1.807) is 6.92 Å². The summed E-state index contributed by atoms with van der Waals surface area (Å²) in [4.78, 5) is 2.16. The molecule has 0 saturated carbocycles. The summed E-state index contributed by atoms with van der Waals surface area (Å²) in [6.07, 6.45) is 1.85. The molecule has 0 aromatic heterocycles. The monoisotopic (exact) mass is 173 g/mol. The molecule has 3 atom stereocenters. The largest absolute Gasteiger partial charge is 0.300 e. The van der Waals surface area contributed by atoms with E-state index in [1.807, 2.05) is 7.05 Å². The molecule has 1 aliphatic heterocycles. The minimum atomic E-state index is -0.956. The lowest BCUT2D eigenvalue weighted by atomic mass is 9.94. The third kappa shape index (κ3) is 1.98. The molecule has 0 aromatic rings. The van der Waals surface area contributed by atoms with E-state index >= 15 is 0 Å². The normalized spacial score (nSPS) is 40.2. The fourth-order valence-corrected chi connectivity index (χ4v) is 2.20. The van der Waals surface area contributed by atoms with Crippen LogP contribution in [0.2, 0.25) is 0 Å². The number of nitrogens with zero attached hydrogens (tertiary/aromatic N) is 1. The van der Waals surface area contributed by atoms with Crippen LogP contribution < -0.4 is 0 Å². The molecule has 0 spiro atoms. The van der Waals surface area contributed by atoms with Crippen LogP contribution in [0.3, 0.4) is 0 Å². The summed E-state index contributed by atoms with van der Waals surface area (Å²) in [5.74, 6) is 0.618. The van der Waals surface area contributed by atoms with Crippen molar-refractivity contribution in [3.63, 3.8) is 0 Å². The van der Waals surface area contributed by atoms with E-state index in [0.29, 0.717) is 24.9 Å². The average molecular weight is 173 g/mol. The highest BCUT2D eigenvalue weighted by atomic mass is 19.1. The van der Waals surface area contributed by atoms with Gasteiger partial charge in [-0.15, -0.1) is 0 Å². The molecular weight excluding hydrogens is 153 g/mol. The quantitative estimate of drug-likeness (QED) is 0.620. The smallest absolute Gasteiger partial charge is 0.122 e. The van der Waals surface area contributed by atoms with Gasteiger partial charge in [0.2, 0.25) is 0 Å². The number of hydrogen-bond donors (Lipinski definition) is 0. The number of likely N-dealkylation sites (tertiary alicyclic amines) is 1. The van der Waals surface area contributed by atoms with Crippen LogP contribution in [0.25, 0.3) is 0 Å². The molecule has 1 fully saturated rings. The van der Waals surface area contributed by atoms with Crippen LogP contribution in [0, 0.1) is 5.92 Å². The van der Waals surface area contributed by atoms with Gasteiger partial charge in [-0.3, -0.25) is 4.90 Å². The van der Waals surface area contributed by atoms with Crippen LogP contribution in [0.4, 0.5) is 4.39 Å². The summed E-state index contributed by atoms with van der Waals surface area (Å²) < 4.78 is 13.6. The van der Waals surface area contributed by atoms with Crippen molar-refractivity contribution >= 4 is 0 Å². The molecule has 1 saturated heterocycles. The van der Waals surface area contributed by atoms with E-state index in [1.165, 1.54) is 0 Å². The molecule has 1 aliphatic rings. The first-order chi connectivity index (χ1) is 5.46. The van der Waals surface area contributed by atoms with Gasteiger partial charge in [0, 0.05) is 12.6 Å². The fourth-order valence-electron chi connectivity index (χ4n) is 2.20. The van der Waals surface area contributed by atoms with Crippen LogP contribution in [0.5, 0.6) is 0 Å². The predicted octanol–water partition coefficient (Wildman–Crippen LogP) is 2.46. The van der Waals surface area contributed by atoms with Gasteiger partial charge in [0.25, 0.3) is 0 Å². The van der Waals surface area contributed by atoms with Crippen LogP contribution in [0.15, 0.2) is 0 Å². The first kappa shape index (κ1) is 9.97. The maximum absolute atomic E-state index is 13.6. The number of rotatable bonds is 2. The molecule has 3 unspecified atom stereocenters. The van der Waals surface area contributed by atoms with Crippen molar-refractivity contribution in [3.05, 3.63) is 0 Å². The molecular formula is C10H20FN. The lowest BCUT2D eigenvalue weighted by Gasteiger charge is -2.24. The van der Waals surface area contributed by atoms with Crippen LogP contribution in [0.1, 0.15) is 33.6 Å². The fraction of sp³-hybridized carbons (Fsp3) is 1.00. The van der Waals surface area contributed by atoms with Crippen molar-refractivity contribution in [2.24, 2.45) is 5.92 Å². The summed E-state index contributed by atoms with van der Waals surface area (Å²) in [7, 11) is 2.03. The number of hydrogen-bond acceptors (Lipinski definition) is 1. The summed E-state index contributed by atoms with van der Waals surface area (Å²) in [6.45, 7) is 6.70. The molecule has 0 amide bonds. The Labute approximate surface area is 74.9 Å². The van der Waals surface area contributed by atoms with Crippen LogP contribution in [-0.4, -0.2) is 30.2 Å². The van der Waals surface area contributed by atoms with Crippen molar-refractivity contribution < 1.29 is 4.39 Å². The lowest BCUT2D eigenvalue weighted by Crippen LogP contribution is -2.30. The molecule has 12 heavy (non-hydrogen) atoms. The van der Waals surface area contributed by atoms with Gasteiger partial charge in [0.1, 0.15) is 5.67 Å². The maximum Gasteiger partial charge on any atom is 0.122 e. The SMILES string of the molecule is CCC(C)C1CC(C)(F)CN1C. The summed E-state index contributed by atoms with van der Waals surface area (Å²) in [5, 5.41) is 0. The lowest BCUT2D eigenvalue weighted by molar-refractivity contribution is 0.197. The second-order valence-electron chi connectivity index (χ2n) is 4.49. The van der Waals surface area contributed by atoms with Gasteiger partial charge >= 0.3 is 0 Å². The summed E-state index contributed by atoms with van der Waals surface area (Å²) >= 11 is 0. The minimum Gasteiger partial charge on any atom is -0.300 e. The molecule has 0 aliphatic carbocycles. The van der Waals surface area contributed by atoms with Gasteiger partial charge in [-0.2, -0.15) is 0 Å². The van der Waals surface area contributed by atoms with Crippen LogP contribution in [-0.2, 0) is 0 Å². The van der Waals surface area contributed by atoms with Crippen molar-refractivity contribution in [1.29, 1.82) is 0 Å². The Morgan fingerprint density at radius 2 is 2.25 bits per heavy atom. The van der Waals surface area contributed by atoms with E-state index in [0.717, 1.165) is 6.42 Å². The van der Waals surface area contributed by atoms with E-state index in [-0.39, 0.29) is 0 Å². The zero-order chi connectivity index (χ0) is 9.35. The van der Waals surface area contributed by atoms with Crippen molar-refractivity contribution in [3.8, 4) is 0 Å². The summed E-state index contributed by atoms with van der Waals surface area (Å²) in [6, 6.07) is 0.449. The van der Waals surface area contributed by atoms with E-state index in [2.05, 4.69) is 18.7 Å². The molecule has 0 aromatic carbocycles.